The monoisotopic (exact) mass is 619 g/mol. The number of carbonyl (C=O) groups is 1. The van der Waals surface area contributed by atoms with Crippen molar-refractivity contribution in [3.63, 3.8) is 0 Å². The van der Waals surface area contributed by atoms with Crippen molar-refractivity contribution < 1.29 is 22.7 Å². The Bertz CT molecular complexity index is 1700. The highest BCUT2D eigenvalue weighted by atomic mass is 32.2. The average molecular weight is 620 g/mol. The number of sulfone groups is 1. The van der Waals surface area contributed by atoms with Crippen molar-refractivity contribution in [2.45, 2.75) is 69.9 Å². The minimum Gasteiger partial charge on any atom is -0.480 e. The molecular weight excluding hydrogens is 582 g/mol. The molecule has 0 amide bonds. The first-order valence-corrected chi connectivity index (χ1v) is 16.3. The van der Waals surface area contributed by atoms with Crippen LogP contribution in [-0.2, 0) is 25.9 Å². The number of hydrogen-bond acceptors (Lipinski definition) is 11. The number of aromatic nitrogens is 5. The third-order valence-corrected chi connectivity index (χ3v) is 9.72. The Balaban J connectivity index is 1.50. The van der Waals surface area contributed by atoms with Crippen LogP contribution < -0.4 is 10.1 Å². The largest absolute Gasteiger partial charge is 0.480 e. The molecule has 3 heterocycles. The minimum atomic E-state index is -3.36. The molecule has 232 valence electrons. The number of nitrogens with zero attached hydrogens (tertiary/aromatic N) is 6. The first-order chi connectivity index (χ1) is 21.1. The number of methoxy groups -OCH3 is 2. The van der Waals surface area contributed by atoms with Crippen molar-refractivity contribution in [2.24, 2.45) is 10.9 Å². The molecule has 3 aromatic heterocycles. The summed E-state index contributed by atoms with van der Waals surface area (Å²) in [6, 6.07) is 3.12. The first kappa shape index (κ1) is 31.3. The standard InChI is InChI=1S/C31H37N7O5S/c1-6-44(40,41)24-10-9-22(32-15-24)14-33-29(19(3)39)38-26-16-34-30(27-28(20-7-8-20)35-17-36-31(27)43-5)37-25(26)11-18(2)21-12-23(13-21)42-4/h9-11,15-17,20-21,23H,6-8,12-14H2,1-5H3,(H,33,38)/b18-11-/t21-,23-. The van der Waals surface area contributed by atoms with E-state index >= 15 is 0 Å². The van der Waals surface area contributed by atoms with E-state index in [0.717, 1.165) is 37.0 Å². The van der Waals surface area contributed by atoms with Crippen LogP contribution in [-0.4, -0.2) is 71.0 Å². The van der Waals surface area contributed by atoms with E-state index in [4.69, 9.17) is 14.5 Å². The molecule has 0 atom stereocenters. The second-order valence-electron chi connectivity index (χ2n) is 11.1. The quantitative estimate of drug-likeness (QED) is 0.228. The maximum absolute atomic E-state index is 12.7. The van der Waals surface area contributed by atoms with Gasteiger partial charge in [0.15, 0.2) is 27.3 Å². The molecule has 2 saturated carbocycles. The van der Waals surface area contributed by atoms with Crippen molar-refractivity contribution in [2.75, 3.05) is 20.0 Å². The second-order valence-corrected chi connectivity index (χ2v) is 13.3. The Morgan fingerprint density at radius 1 is 1.09 bits per heavy atom. The van der Waals surface area contributed by atoms with Gasteiger partial charge in [-0.05, 0) is 56.7 Å². The minimum absolute atomic E-state index is 0.00971. The van der Waals surface area contributed by atoms with Gasteiger partial charge in [0.2, 0.25) is 5.88 Å². The molecule has 0 aromatic carbocycles. The highest BCUT2D eigenvalue weighted by Gasteiger charge is 2.32. The molecule has 44 heavy (non-hydrogen) atoms. The summed E-state index contributed by atoms with van der Waals surface area (Å²) < 4.78 is 35.3. The second kappa shape index (κ2) is 13.3. The number of Topliss-reactive ketones (excluding diaryl/α,β-unsaturated/α-hetero) is 1. The van der Waals surface area contributed by atoms with E-state index in [1.807, 2.05) is 6.08 Å². The predicted octanol–water partition coefficient (Wildman–Crippen LogP) is 4.25. The summed E-state index contributed by atoms with van der Waals surface area (Å²) in [7, 11) is -0.0729. The van der Waals surface area contributed by atoms with Gasteiger partial charge in [-0.15, -0.1) is 0 Å². The van der Waals surface area contributed by atoms with Crippen molar-refractivity contribution in [3.05, 3.63) is 53.5 Å². The molecule has 0 bridgehead atoms. The van der Waals surface area contributed by atoms with E-state index in [1.165, 1.54) is 25.5 Å². The zero-order chi connectivity index (χ0) is 31.4. The zero-order valence-electron chi connectivity index (χ0n) is 25.6. The lowest BCUT2D eigenvalue weighted by Gasteiger charge is -2.34. The molecule has 0 saturated heterocycles. The SMILES string of the molecule is CCS(=O)(=O)c1ccc(CN/C(=N/c2cnc(-c3c(OC)ncnc3C3CC3)nc2/C=C(/C)[C@H]2C[C@H](OC)C2)C(C)=O)nc1. The van der Waals surface area contributed by atoms with Crippen LogP contribution in [0.2, 0.25) is 0 Å². The fourth-order valence-corrected chi connectivity index (χ4v) is 5.80. The van der Waals surface area contributed by atoms with Crippen LogP contribution in [0.15, 0.2) is 46.3 Å². The molecule has 2 fully saturated rings. The van der Waals surface area contributed by atoms with Gasteiger partial charge >= 0.3 is 0 Å². The molecule has 0 aliphatic heterocycles. The molecule has 5 rings (SSSR count). The van der Waals surface area contributed by atoms with Gasteiger partial charge < -0.3 is 14.8 Å². The molecule has 2 aliphatic rings. The van der Waals surface area contributed by atoms with Crippen LogP contribution in [0.3, 0.4) is 0 Å². The van der Waals surface area contributed by atoms with Crippen molar-refractivity contribution in [1.29, 1.82) is 0 Å². The van der Waals surface area contributed by atoms with E-state index in [-0.39, 0.29) is 34.9 Å². The van der Waals surface area contributed by atoms with Crippen LogP contribution in [0.5, 0.6) is 5.88 Å². The number of nitrogens with one attached hydrogen (secondary N) is 1. The first-order valence-electron chi connectivity index (χ1n) is 14.6. The van der Waals surface area contributed by atoms with Gasteiger partial charge in [0.25, 0.3) is 0 Å². The number of rotatable bonds is 12. The number of carbonyl (C=O) groups excluding carboxylic acids is 1. The Labute approximate surface area is 257 Å². The Morgan fingerprint density at radius 2 is 1.86 bits per heavy atom. The molecule has 2 aliphatic carbocycles. The number of allylic oxidation sites excluding steroid dienone is 1. The summed E-state index contributed by atoms with van der Waals surface area (Å²) in [6.07, 6.45) is 10.6. The van der Waals surface area contributed by atoms with Crippen LogP contribution in [0.1, 0.15) is 69.5 Å². The van der Waals surface area contributed by atoms with E-state index in [0.29, 0.717) is 46.2 Å². The van der Waals surface area contributed by atoms with Crippen molar-refractivity contribution >= 4 is 33.2 Å². The van der Waals surface area contributed by atoms with Crippen LogP contribution in [0, 0.1) is 5.92 Å². The van der Waals surface area contributed by atoms with Crippen LogP contribution >= 0.6 is 0 Å². The van der Waals surface area contributed by atoms with Gasteiger partial charge in [-0.25, -0.2) is 33.3 Å². The third kappa shape index (κ3) is 6.99. The molecule has 0 spiro atoms. The number of ketones is 1. The maximum Gasteiger partial charge on any atom is 0.227 e. The van der Waals surface area contributed by atoms with E-state index in [9.17, 15) is 13.2 Å². The topological polar surface area (TPSA) is 159 Å². The summed E-state index contributed by atoms with van der Waals surface area (Å²) in [6.45, 7) is 5.23. The van der Waals surface area contributed by atoms with Gasteiger partial charge in [0, 0.05) is 26.1 Å². The molecular formula is C31H37N7O5S. The van der Waals surface area contributed by atoms with Crippen molar-refractivity contribution in [3.8, 4) is 17.3 Å². The molecule has 13 heteroatoms. The summed E-state index contributed by atoms with van der Waals surface area (Å²) in [5, 5.41) is 3.05. The molecule has 0 unspecified atom stereocenters. The zero-order valence-corrected chi connectivity index (χ0v) is 26.4. The van der Waals surface area contributed by atoms with Crippen molar-refractivity contribution in [1.82, 2.24) is 30.2 Å². The normalized spacial score (nSPS) is 18.9. The average Bonchev–Trinajstić information content (AvgIpc) is 3.84. The lowest BCUT2D eigenvalue weighted by atomic mass is 9.77. The van der Waals surface area contributed by atoms with E-state index in [1.54, 1.807) is 33.4 Å². The van der Waals surface area contributed by atoms with Gasteiger partial charge in [-0.2, -0.15) is 0 Å². The molecule has 3 aromatic rings. The highest BCUT2D eigenvalue weighted by molar-refractivity contribution is 7.91. The third-order valence-electron chi connectivity index (χ3n) is 8.00. The number of pyridine rings is 1. The van der Waals surface area contributed by atoms with E-state index < -0.39 is 9.84 Å². The Hall–Kier alpha value is -4.10. The van der Waals surface area contributed by atoms with Crippen LogP contribution in [0.25, 0.3) is 17.5 Å². The summed E-state index contributed by atoms with van der Waals surface area (Å²) in [5.41, 5.74) is 4.16. The van der Waals surface area contributed by atoms with Gasteiger partial charge in [-0.3, -0.25) is 9.78 Å². The Morgan fingerprint density at radius 3 is 2.48 bits per heavy atom. The lowest BCUT2D eigenvalue weighted by molar-refractivity contribution is -0.111. The lowest BCUT2D eigenvalue weighted by Crippen LogP contribution is -2.30. The number of aliphatic imine (C=N–C) groups is 1. The fraction of sp³-hybridized carbons (Fsp3) is 0.452. The number of ether oxygens (including phenoxy) is 2. The summed E-state index contributed by atoms with van der Waals surface area (Å²) >= 11 is 0. The Kier molecular flexibility index (Phi) is 9.45. The van der Waals surface area contributed by atoms with Gasteiger partial charge in [0.1, 0.15) is 17.6 Å². The smallest absolute Gasteiger partial charge is 0.227 e. The number of amidine groups is 1. The van der Waals surface area contributed by atoms with Gasteiger partial charge in [0.05, 0.1) is 53.7 Å². The van der Waals surface area contributed by atoms with E-state index in [2.05, 4.69) is 37.2 Å². The predicted molar refractivity (Wildman–Crippen MR) is 165 cm³/mol. The molecule has 1 N–H and O–H groups in total. The maximum atomic E-state index is 12.7. The highest BCUT2D eigenvalue weighted by Crippen LogP contribution is 2.45. The molecule has 0 radical (unpaired) electrons. The number of hydrogen-bond donors (Lipinski definition) is 1. The summed E-state index contributed by atoms with van der Waals surface area (Å²) in [4.78, 5) is 40.1. The fourth-order valence-electron chi connectivity index (χ4n) is 4.98. The molecule has 12 nitrogen and oxygen atoms in total. The van der Waals surface area contributed by atoms with Gasteiger partial charge in [-0.1, -0.05) is 12.5 Å². The summed E-state index contributed by atoms with van der Waals surface area (Å²) in [5.74, 6) is 1.29. The van der Waals surface area contributed by atoms with Crippen LogP contribution in [0.4, 0.5) is 5.69 Å².